The predicted molar refractivity (Wildman–Crippen MR) is 110 cm³/mol. The van der Waals surface area contributed by atoms with Crippen molar-refractivity contribution in [3.63, 3.8) is 0 Å². The van der Waals surface area contributed by atoms with Crippen LogP contribution < -0.4 is 15.8 Å². The van der Waals surface area contributed by atoms with Gasteiger partial charge in [-0.15, -0.1) is 0 Å². The molecule has 0 saturated carbocycles. The van der Waals surface area contributed by atoms with Crippen molar-refractivity contribution >= 4 is 34.7 Å². The summed E-state index contributed by atoms with van der Waals surface area (Å²) < 4.78 is 7.23. The molecule has 0 spiro atoms. The molecule has 0 fully saturated rings. The third kappa shape index (κ3) is 4.12. The summed E-state index contributed by atoms with van der Waals surface area (Å²) in [5, 5.41) is 2.31. The summed E-state index contributed by atoms with van der Waals surface area (Å²) in [5.74, 6) is 0.289. The number of hydrogen-bond acceptors (Lipinski definition) is 5. The zero-order chi connectivity index (χ0) is 20.3. The van der Waals surface area contributed by atoms with Crippen LogP contribution in [0.4, 0.5) is 4.79 Å². The molecule has 0 saturated heterocycles. The minimum Gasteiger partial charge on any atom is -0.497 e. The van der Waals surface area contributed by atoms with Crippen molar-refractivity contribution in [1.82, 2.24) is 14.9 Å². The Bertz CT molecular complexity index is 998. The molecule has 1 aromatic heterocycles. The number of nitrogens with one attached hydrogen (secondary N) is 1. The maximum absolute atomic E-state index is 12.5. The number of imidazole rings is 1. The van der Waals surface area contributed by atoms with Crippen molar-refractivity contribution in [1.29, 1.82) is 0 Å². The quantitative estimate of drug-likeness (QED) is 0.621. The number of fused-ring (bicyclic) bond motifs is 1. The Kier molecular flexibility index (Phi) is 5.89. The molecule has 3 aromatic rings. The number of carbonyl (C=O) groups is 2. The number of urea groups is 1. The van der Waals surface area contributed by atoms with E-state index in [0.717, 1.165) is 22.5 Å². The largest absolute Gasteiger partial charge is 0.497 e. The lowest BCUT2D eigenvalue weighted by molar-refractivity contribution is -0.120. The van der Waals surface area contributed by atoms with Gasteiger partial charge in [-0.3, -0.25) is 14.7 Å². The second kappa shape index (κ2) is 8.35. The number of nitrogens with two attached hydrogens (primary N) is 1. The summed E-state index contributed by atoms with van der Waals surface area (Å²) in [6.45, 7) is 3.83. The Morgan fingerprint density at radius 1 is 1.14 bits per heavy atom. The van der Waals surface area contributed by atoms with Crippen molar-refractivity contribution in [2.75, 3.05) is 7.11 Å². The highest BCUT2D eigenvalue weighted by molar-refractivity contribution is 8.00. The average molecular weight is 398 g/mol. The zero-order valence-electron chi connectivity index (χ0n) is 15.9. The van der Waals surface area contributed by atoms with Gasteiger partial charge >= 0.3 is 6.03 Å². The van der Waals surface area contributed by atoms with Crippen LogP contribution in [0.25, 0.3) is 16.7 Å². The SMILES string of the molecule is COc1ccc(-n2c(SC(C(=O)NC(N)=O)C(C)C)nc3ccccc32)cc1. The van der Waals surface area contributed by atoms with Gasteiger partial charge < -0.3 is 10.5 Å². The Morgan fingerprint density at radius 3 is 2.43 bits per heavy atom. The van der Waals surface area contributed by atoms with Gasteiger partial charge in [-0.2, -0.15) is 0 Å². The van der Waals surface area contributed by atoms with E-state index in [2.05, 4.69) is 5.32 Å². The third-order valence-corrected chi connectivity index (χ3v) is 5.70. The fraction of sp³-hybridized carbons (Fsp3) is 0.250. The Hall–Kier alpha value is -3.00. The van der Waals surface area contributed by atoms with E-state index in [1.165, 1.54) is 11.8 Å². The molecule has 1 atom stereocenters. The Labute approximate surface area is 167 Å². The van der Waals surface area contributed by atoms with Gasteiger partial charge in [0.1, 0.15) is 5.75 Å². The number of thioether (sulfide) groups is 1. The number of hydrogen-bond donors (Lipinski definition) is 2. The Balaban J connectivity index is 2.06. The number of para-hydroxylation sites is 2. The number of nitrogens with zero attached hydrogens (tertiary/aromatic N) is 2. The van der Waals surface area contributed by atoms with Crippen molar-refractivity contribution in [2.24, 2.45) is 11.7 Å². The number of aromatic nitrogens is 2. The first-order valence-electron chi connectivity index (χ1n) is 8.79. The van der Waals surface area contributed by atoms with Crippen LogP contribution in [-0.2, 0) is 4.79 Å². The minimum atomic E-state index is -0.861. The number of imide groups is 1. The second-order valence-electron chi connectivity index (χ2n) is 6.55. The van der Waals surface area contributed by atoms with Gasteiger partial charge in [0.2, 0.25) is 5.91 Å². The average Bonchev–Trinajstić information content (AvgIpc) is 3.03. The molecule has 0 bridgehead atoms. The number of methoxy groups -OCH3 is 1. The van der Waals surface area contributed by atoms with E-state index in [1.807, 2.05) is 66.9 Å². The van der Waals surface area contributed by atoms with E-state index in [9.17, 15) is 9.59 Å². The lowest BCUT2D eigenvalue weighted by Gasteiger charge is -2.19. The monoisotopic (exact) mass is 398 g/mol. The van der Waals surface area contributed by atoms with Gasteiger partial charge in [0, 0.05) is 5.69 Å². The van der Waals surface area contributed by atoms with E-state index in [1.54, 1.807) is 7.11 Å². The van der Waals surface area contributed by atoms with Crippen LogP contribution >= 0.6 is 11.8 Å². The number of primary amides is 1. The van der Waals surface area contributed by atoms with Gasteiger partial charge in [-0.1, -0.05) is 37.7 Å². The molecule has 1 heterocycles. The topological polar surface area (TPSA) is 99.2 Å². The number of rotatable bonds is 6. The Morgan fingerprint density at radius 2 is 1.82 bits per heavy atom. The third-order valence-electron chi connectivity index (χ3n) is 4.20. The molecule has 2 aromatic carbocycles. The molecule has 3 N–H and O–H groups in total. The molecule has 3 rings (SSSR count). The molecule has 28 heavy (non-hydrogen) atoms. The fourth-order valence-corrected chi connectivity index (χ4v) is 3.99. The molecule has 0 aliphatic rings. The summed E-state index contributed by atoms with van der Waals surface area (Å²) in [5.41, 5.74) is 7.76. The fourth-order valence-electron chi connectivity index (χ4n) is 2.86. The van der Waals surface area contributed by atoms with Crippen LogP contribution in [-0.4, -0.2) is 33.8 Å². The van der Waals surface area contributed by atoms with Crippen LogP contribution in [0, 0.1) is 5.92 Å². The van der Waals surface area contributed by atoms with Crippen LogP contribution in [0.5, 0.6) is 5.75 Å². The summed E-state index contributed by atoms with van der Waals surface area (Å²) in [6, 6.07) is 14.5. The first kappa shape index (κ1) is 19.8. The number of amides is 3. The van der Waals surface area contributed by atoms with E-state index in [4.69, 9.17) is 15.5 Å². The van der Waals surface area contributed by atoms with Gasteiger partial charge in [0.15, 0.2) is 5.16 Å². The van der Waals surface area contributed by atoms with Crippen molar-refractivity contribution in [3.8, 4) is 11.4 Å². The van der Waals surface area contributed by atoms with Gasteiger partial charge in [0.25, 0.3) is 0 Å². The van der Waals surface area contributed by atoms with Gasteiger partial charge in [-0.05, 0) is 42.3 Å². The summed E-state index contributed by atoms with van der Waals surface area (Å²) in [4.78, 5) is 28.3. The van der Waals surface area contributed by atoms with Crippen LogP contribution in [0.15, 0.2) is 53.7 Å². The molecule has 8 heteroatoms. The van der Waals surface area contributed by atoms with E-state index in [-0.39, 0.29) is 5.92 Å². The standard InChI is InChI=1S/C20H22N4O3S/c1-12(2)17(18(25)23-19(21)26)28-20-22-15-6-4-5-7-16(15)24(20)13-8-10-14(27-3)11-9-13/h4-12,17H,1-3H3,(H3,21,23,25,26). The highest BCUT2D eigenvalue weighted by atomic mass is 32.2. The molecule has 7 nitrogen and oxygen atoms in total. The maximum Gasteiger partial charge on any atom is 0.318 e. The number of carbonyl (C=O) groups excluding carboxylic acids is 2. The molecule has 0 aliphatic carbocycles. The predicted octanol–water partition coefficient (Wildman–Crippen LogP) is 3.35. The normalized spacial score (nSPS) is 12.1. The number of ether oxygens (including phenoxy) is 1. The molecule has 1 unspecified atom stereocenters. The van der Waals surface area contributed by atoms with E-state index < -0.39 is 17.2 Å². The first-order valence-corrected chi connectivity index (χ1v) is 9.67. The summed E-state index contributed by atoms with van der Waals surface area (Å²) in [6.07, 6.45) is 0. The van der Waals surface area contributed by atoms with Crippen molar-refractivity contribution in [3.05, 3.63) is 48.5 Å². The zero-order valence-corrected chi connectivity index (χ0v) is 16.7. The molecule has 146 valence electrons. The van der Waals surface area contributed by atoms with Crippen LogP contribution in [0.3, 0.4) is 0 Å². The van der Waals surface area contributed by atoms with E-state index >= 15 is 0 Å². The maximum atomic E-state index is 12.5. The van der Waals surface area contributed by atoms with E-state index in [0.29, 0.717) is 5.16 Å². The minimum absolute atomic E-state index is 0.0338. The first-order chi connectivity index (χ1) is 13.4. The molecule has 3 amide bonds. The number of benzene rings is 2. The van der Waals surface area contributed by atoms with Crippen molar-refractivity contribution in [2.45, 2.75) is 24.3 Å². The molecular weight excluding hydrogens is 376 g/mol. The lowest BCUT2D eigenvalue weighted by atomic mass is 10.1. The highest BCUT2D eigenvalue weighted by Crippen LogP contribution is 2.33. The van der Waals surface area contributed by atoms with Crippen LogP contribution in [0.2, 0.25) is 0 Å². The van der Waals surface area contributed by atoms with Crippen LogP contribution in [0.1, 0.15) is 13.8 Å². The summed E-state index contributed by atoms with van der Waals surface area (Å²) >= 11 is 1.30. The van der Waals surface area contributed by atoms with Gasteiger partial charge in [0.05, 0.1) is 23.4 Å². The lowest BCUT2D eigenvalue weighted by Crippen LogP contribution is -2.42. The highest BCUT2D eigenvalue weighted by Gasteiger charge is 2.27. The molecule has 0 radical (unpaired) electrons. The van der Waals surface area contributed by atoms with Crippen molar-refractivity contribution < 1.29 is 14.3 Å². The van der Waals surface area contributed by atoms with Gasteiger partial charge in [-0.25, -0.2) is 9.78 Å². The second-order valence-corrected chi connectivity index (χ2v) is 7.66. The smallest absolute Gasteiger partial charge is 0.318 e. The molecule has 0 aliphatic heterocycles. The summed E-state index contributed by atoms with van der Waals surface area (Å²) in [7, 11) is 1.62. The molecular formula is C20H22N4O3S.